The minimum absolute atomic E-state index is 0.275. The van der Waals surface area contributed by atoms with Gasteiger partial charge in [-0.05, 0) is 6.07 Å². The molecule has 3 heterocycles. The zero-order chi connectivity index (χ0) is 16.8. The number of nitriles is 1. The lowest BCUT2D eigenvalue weighted by Crippen LogP contribution is -2.12. The van der Waals surface area contributed by atoms with Crippen LogP contribution in [0.4, 0.5) is 5.69 Å². The van der Waals surface area contributed by atoms with Gasteiger partial charge in [0.25, 0.3) is 5.91 Å². The highest BCUT2D eigenvalue weighted by molar-refractivity contribution is 6.04. The Hall–Kier alpha value is -3.86. The van der Waals surface area contributed by atoms with Crippen molar-refractivity contribution in [1.82, 2.24) is 19.9 Å². The van der Waals surface area contributed by atoms with Crippen molar-refractivity contribution in [2.45, 2.75) is 0 Å². The van der Waals surface area contributed by atoms with Gasteiger partial charge >= 0.3 is 0 Å². The monoisotopic (exact) mass is 318 g/mol. The lowest BCUT2D eigenvalue weighted by atomic mass is 10.2. The van der Waals surface area contributed by atoms with Crippen LogP contribution in [0.2, 0.25) is 0 Å². The number of nitrogens with zero attached hydrogens (tertiary/aromatic N) is 5. The molecule has 3 aromatic heterocycles. The van der Waals surface area contributed by atoms with Crippen LogP contribution in [0.15, 0.2) is 55.6 Å². The van der Waals surface area contributed by atoms with E-state index in [0.29, 0.717) is 22.7 Å². The van der Waals surface area contributed by atoms with E-state index in [1.54, 1.807) is 6.07 Å². The molecule has 3 rings (SSSR count). The summed E-state index contributed by atoms with van der Waals surface area (Å²) in [4.78, 5) is 27.8. The summed E-state index contributed by atoms with van der Waals surface area (Å²) in [6.07, 6.45) is 10.2. The zero-order valence-electron chi connectivity index (χ0n) is 12.2. The molecule has 24 heavy (non-hydrogen) atoms. The van der Waals surface area contributed by atoms with Gasteiger partial charge in [0.15, 0.2) is 5.75 Å². The summed E-state index contributed by atoms with van der Waals surface area (Å²) < 4.78 is 5.55. The van der Waals surface area contributed by atoms with E-state index < -0.39 is 5.91 Å². The van der Waals surface area contributed by atoms with E-state index in [9.17, 15) is 4.79 Å². The van der Waals surface area contributed by atoms with Gasteiger partial charge in [-0.2, -0.15) is 5.26 Å². The third kappa shape index (κ3) is 3.66. The SMILES string of the molecule is N#Cc1cncc(C(=O)Nc2cncc(Oc3cncnc3)c2)c1. The molecule has 0 aliphatic rings. The zero-order valence-corrected chi connectivity index (χ0v) is 12.2. The Labute approximate surface area is 136 Å². The topological polar surface area (TPSA) is 114 Å². The lowest BCUT2D eigenvalue weighted by Gasteiger charge is -2.08. The van der Waals surface area contributed by atoms with Crippen LogP contribution >= 0.6 is 0 Å². The Bertz CT molecular complexity index is 908. The second-order valence-electron chi connectivity index (χ2n) is 4.61. The van der Waals surface area contributed by atoms with Crippen molar-refractivity contribution in [3.63, 3.8) is 0 Å². The van der Waals surface area contributed by atoms with Crippen LogP contribution in [-0.4, -0.2) is 25.8 Å². The number of hydrogen-bond donors (Lipinski definition) is 1. The first-order chi connectivity index (χ1) is 11.7. The van der Waals surface area contributed by atoms with Crippen LogP contribution < -0.4 is 10.1 Å². The summed E-state index contributed by atoms with van der Waals surface area (Å²) in [6.45, 7) is 0. The normalized spacial score (nSPS) is 9.79. The van der Waals surface area contributed by atoms with Gasteiger partial charge in [0.05, 0.1) is 41.6 Å². The second kappa shape index (κ2) is 6.93. The summed E-state index contributed by atoms with van der Waals surface area (Å²) in [6, 6.07) is 5.00. The number of hydrogen-bond acceptors (Lipinski definition) is 7. The first kappa shape index (κ1) is 15.1. The smallest absolute Gasteiger partial charge is 0.257 e. The molecule has 0 radical (unpaired) electrons. The number of carbonyl (C=O) groups is 1. The predicted octanol–water partition coefficient (Wildman–Crippen LogP) is 2.18. The maximum atomic E-state index is 12.2. The summed E-state index contributed by atoms with van der Waals surface area (Å²) >= 11 is 0. The largest absolute Gasteiger partial charge is 0.452 e. The predicted molar refractivity (Wildman–Crippen MR) is 83.2 cm³/mol. The van der Waals surface area contributed by atoms with Gasteiger partial charge in [0, 0.05) is 18.5 Å². The third-order valence-electron chi connectivity index (χ3n) is 2.87. The number of anilines is 1. The molecule has 0 saturated heterocycles. The first-order valence-corrected chi connectivity index (χ1v) is 6.79. The highest BCUT2D eigenvalue weighted by Crippen LogP contribution is 2.21. The van der Waals surface area contributed by atoms with Crippen molar-refractivity contribution >= 4 is 11.6 Å². The van der Waals surface area contributed by atoms with Crippen LogP contribution in [0, 0.1) is 11.3 Å². The van der Waals surface area contributed by atoms with E-state index in [-0.39, 0.29) is 5.56 Å². The number of rotatable bonds is 4. The number of ether oxygens (including phenoxy) is 1. The molecule has 0 saturated carbocycles. The first-order valence-electron chi connectivity index (χ1n) is 6.79. The molecule has 0 aliphatic carbocycles. The van der Waals surface area contributed by atoms with Crippen molar-refractivity contribution in [1.29, 1.82) is 5.26 Å². The van der Waals surface area contributed by atoms with Crippen molar-refractivity contribution < 1.29 is 9.53 Å². The summed E-state index contributed by atoms with van der Waals surface area (Å²) in [5.74, 6) is 0.474. The van der Waals surface area contributed by atoms with Gasteiger partial charge in [-0.3, -0.25) is 14.8 Å². The van der Waals surface area contributed by atoms with E-state index in [4.69, 9.17) is 10.00 Å². The molecule has 0 aliphatic heterocycles. The average Bonchev–Trinajstić information content (AvgIpc) is 2.63. The van der Waals surface area contributed by atoms with Gasteiger partial charge in [0.1, 0.15) is 18.1 Å². The van der Waals surface area contributed by atoms with E-state index in [1.807, 2.05) is 6.07 Å². The number of carbonyl (C=O) groups excluding carboxylic acids is 1. The molecule has 0 unspecified atom stereocenters. The number of nitrogens with one attached hydrogen (secondary N) is 1. The molecule has 0 spiro atoms. The maximum Gasteiger partial charge on any atom is 0.257 e. The van der Waals surface area contributed by atoms with Gasteiger partial charge < -0.3 is 10.1 Å². The molecular formula is C16H10N6O2. The molecule has 8 nitrogen and oxygen atoms in total. The molecule has 1 N–H and O–H groups in total. The van der Waals surface area contributed by atoms with E-state index in [0.717, 1.165) is 0 Å². The molecular weight excluding hydrogens is 308 g/mol. The average molecular weight is 318 g/mol. The van der Waals surface area contributed by atoms with Crippen LogP contribution in [0.3, 0.4) is 0 Å². The van der Waals surface area contributed by atoms with E-state index in [1.165, 1.54) is 49.6 Å². The van der Waals surface area contributed by atoms with Crippen LogP contribution in [0.25, 0.3) is 0 Å². The van der Waals surface area contributed by atoms with Crippen molar-refractivity contribution in [3.05, 3.63) is 66.8 Å². The second-order valence-corrected chi connectivity index (χ2v) is 4.61. The summed E-state index contributed by atoms with van der Waals surface area (Å²) in [7, 11) is 0. The van der Waals surface area contributed by atoms with Crippen LogP contribution in [-0.2, 0) is 0 Å². The minimum Gasteiger partial charge on any atom is -0.452 e. The fourth-order valence-corrected chi connectivity index (χ4v) is 1.85. The fraction of sp³-hybridized carbons (Fsp3) is 0. The van der Waals surface area contributed by atoms with Crippen molar-refractivity contribution in [2.24, 2.45) is 0 Å². The highest BCUT2D eigenvalue weighted by atomic mass is 16.5. The van der Waals surface area contributed by atoms with E-state index >= 15 is 0 Å². The lowest BCUT2D eigenvalue weighted by molar-refractivity contribution is 0.102. The maximum absolute atomic E-state index is 12.2. The Morgan fingerprint density at radius 3 is 2.50 bits per heavy atom. The molecule has 1 amide bonds. The highest BCUT2D eigenvalue weighted by Gasteiger charge is 2.09. The number of amides is 1. The Morgan fingerprint density at radius 1 is 0.958 bits per heavy atom. The fourth-order valence-electron chi connectivity index (χ4n) is 1.85. The molecule has 0 atom stereocenters. The van der Waals surface area contributed by atoms with Gasteiger partial charge in [0.2, 0.25) is 0 Å². The standard InChI is InChI=1S/C16H10N6O2/c17-3-11-1-12(5-18-4-11)16(23)22-13-2-14(7-19-6-13)24-15-8-20-10-21-9-15/h1-2,4-10H,(H,22,23). The number of pyridine rings is 2. The Morgan fingerprint density at radius 2 is 1.71 bits per heavy atom. The number of aromatic nitrogens is 4. The Kier molecular flexibility index (Phi) is 4.35. The molecule has 3 aromatic rings. The molecule has 0 fully saturated rings. The third-order valence-corrected chi connectivity index (χ3v) is 2.87. The van der Waals surface area contributed by atoms with Crippen molar-refractivity contribution in [3.8, 4) is 17.6 Å². The summed E-state index contributed by atoms with van der Waals surface area (Å²) in [5.41, 5.74) is 1.02. The van der Waals surface area contributed by atoms with Gasteiger partial charge in [-0.15, -0.1) is 0 Å². The van der Waals surface area contributed by atoms with E-state index in [2.05, 4.69) is 25.3 Å². The van der Waals surface area contributed by atoms with Crippen molar-refractivity contribution in [2.75, 3.05) is 5.32 Å². The minimum atomic E-state index is -0.401. The molecule has 0 bridgehead atoms. The molecule has 0 aromatic carbocycles. The van der Waals surface area contributed by atoms with Crippen LogP contribution in [0.5, 0.6) is 11.5 Å². The van der Waals surface area contributed by atoms with Crippen LogP contribution in [0.1, 0.15) is 15.9 Å². The molecule has 8 heteroatoms. The summed E-state index contributed by atoms with van der Waals surface area (Å²) in [5, 5.41) is 11.5. The quantitative estimate of drug-likeness (QED) is 0.784. The molecule has 116 valence electrons. The van der Waals surface area contributed by atoms with Gasteiger partial charge in [-0.1, -0.05) is 0 Å². The van der Waals surface area contributed by atoms with Gasteiger partial charge in [-0.25, -0.2) is 9.97 Å². The Balaban J connectivity index is 1.74.